The average molecular weight is 277 g/mol. The van der Waals surface area contributed by atoms with Gasteiger partial charge in [-0.25, -0.2) is 0 Å². The van der Waals surface area contributed by atoms with E-state index in [0.717, 1.165) is 5.56 Å². The topological polar surface area (TPSA) is 49.7 Å². The van der Waals surface area contributed by atoms with Gasteiger partial charge in [-0.05, 0) is 24.1 Å². The molecule has 0 aliphatic carbocycles. The van der Waals surface area contributed by atoms with Gasteiger partial charge in [-0.2, -0.15) is 9.79 Å². The van der Waals surface area contributed by atoms with Crippen molar-refractivity contribution in [3.8, 4) is 5.75 Å². The first-order valence-corrected chi connectivity index (χ1v) is 7.80. The third-order valence-electron chi connectivity index (χ3n) is 2.86. The Bertz CT molecular complexity index is 538. The van der Waals surface area contributed by atoms with Crippen LogP contribution in [0.3, 0.4) is 0 Å². The number of hydrogen-bond acceptors (Lipinski definition) is 3. The summed E-state index contributed by atoms with van der Waals surface area (Å²) >= 11 is 0. The molecule has 2 N–H and O–H groups in total. The molecule has 4 heteroatoms. The van der Waals surface area contributed by atoms with Crippen LogP contribution >= 0.6 is 7.94 Å². The Morgan fingerprint density at radius 3 is 2.11 bits per heavy atom. The molecule has 0 bridgehead atoms. The van der Waals surface area contributed by atoms with E-state index in [0.29, 0.717) is 11.1 Å². The zero-order valence-electron chi connectivity index (χ0n) is 11.0. The summed E-state index contributed by atoms with van der Waals surface area (Å²) in [5.74, 6) is 0.784. The van der Waals surface area contributed by atoms with Gasteiger partial charge in [0.25, 0.3) is 0 Å². The fraction of sp³-hybridized carbons (Fsp3) is 0.200. The molecule has 0 aliphatic heterocycles. The summed E-state index contributed by atoms with van der Waals surface area (Å²) in [5, 5.41) is 0.411. The van der Waals surface area contributed by atoms with Gasteiger partial charge in [-0.3, -0.25) is 4.52 Å². The van der Waals surface area contributed by atoms with Gasteiger partial charge in [0.15, 0.2) is 11.1 Å². The summed E-state index contributed by atoms with van der Waals surface area (Å²) in [7, 11) is -3.58. The van der Waals surface area contributed by atoms with Gasteiger partial charge in [0.2, 0.25) is 0 Å². The van der Waals surface area contributed by atoms with Crippen LogP contribution in [-0.4, -0.2) is 9.79 Å². The van der Waals surface area contributed by atoms with Gasteiger partial charge in [0.05, 0.1) is 0 Å². The van der Waals surface area contributed by atoms with Crippen molar-refractivity contribution >= 4 is 13.2 Å². The lowest BCUT2D eigenvalue weighted by molar-refractivity contribution is 0.352. The molecule has 0 saturated heterocycles. The summed E-state index contributed by atoms with van der Waals surface area (Å²) in [6.45, 7) is 4.08. The lowest BCUT2D eigenvalue weighted by Crippen LogP contribution is -2.15. The van der Waals surface area contributed by atoms with Crippen LogP contribution in [0.5, 0.6) is 5.75 Å². The van der Waals surface area contributed by atoms with E-state index in [1.165, 1.54) is 0 Å². The Kier molecular flexibility index (Phi) is 4.20. The van der Waals surface area contributed by atoms with Crippen molar-refractivity contribution in [3.05, 3.63) is 60.2 Å². The van der Waals surface area contributed by atoms with Crippen molar-refractivity contribution in [2.45, 2.75) is 19.8 Å². The predicted molar refractivity (Wildman–Crippen MR) is 78.6 cm³/mol. The number of hydrogen-bond donors (Lipinski definition) is 2. The van der Waals surface area contributed by atoms with Crippen molar-refractivity contribution in [2.24, 2.45) is 0 Å². The highest BCUT2D eigenvalue weighted by atomic mass is 31.2. The van der Waals surface area contributed by atoms with Crippen molar-refractivity contribution in [3.63, 3.8) is 0 Å². The van der Waals surface area contributed by atoms with Crippen LogP contribution in [0.2, 0.25) is 0 Å². The minimum atomic E-state index is -3.58. The van der Waals surface area contributed by atoms with Crippen LogP contribution in [0.15, 0.2) is 54.6 Å². The SMILES string of the molecule is CC(C)c1ccccc1O[P+](O)(O)c1ccccc1. The smallest absolute Gasteiger partial charge is 0.281 e. The fourth-order valence-electron chi connectivity index (χ4n) is 1.85. The van der Waals surface area contributed by atoms with E-state index in [1.54, 1.807) is 30.3 Å². The zero-order valence-corrected chi connectivity index (χ0v) is 11.9. The first-order valence-electron chi connectivity index (χ1n) is 6.19. The molecule has 0 atom stereocenters. The van der Waals surface area contributed by atoms with Gasteiger partial charge in [0.1, 0.15) is 0 Å². The fourth-order valence-corrected chi connectivity index (χ4v) is 2.96. The Balaban J connectivity index is 2.31. The highest BCUT2D eigenvalue weighted by molar-refractivity contribution is 7.68. The monoisotopic (exact) mass is 277 g/mol. The summed E-state index contributed by atoms with van der Waals surface area (Å²) in [4.78, 5) is 20.4. The van der Waals surface area contributed by atoms with E-state index in [4.69, 9.17) is 4.52 Å². The van der Waals surface area contributed by atoms with Gasteiger partial charge >= 0.3 is 7.94 Å². The molecular weight excluding hydrogens is 259 g/mol. The molecule has 0 aromatic heterocycles. The average Bonchev–Trinajstić information content (AvgIpc) is 2.39. The second-order valence-electron chi connectivity index (χ2n) is 4.66. The Morgan fingerprint density at radius 2 is 1.47 bits per heavy atom. The molecule has 0 heterocycles. The largest absolute Gasteiger partial charge is 0.487 e. The van der Waals surface area contributed by atoms with Gasteiger partial charge in [0, 0.05) is 5.56 Å². The molecule has 2 aromatic rings. The molecule has 0 spiro atoms. The summed E-state index contributed by atoms with van der Waals surface area (Å²) in [6, 6.07) is 16.1. The molecule has 0 fully saturated rings. The molecule has 0 unspecified atom stereocenters. The lowest BCUT2D eigenvalue weighted by atomic mass is 10.0. The highest BCUT2D eigenvalue weighted by Gasteiger charge is 2.41. The van der Waals surface area contributed by atoms with Crippen LogP contribution in [0.1, 0.15) is 25.3 Å². The normalized spacial score (nSPS) is 11.6. The number of benzene rings is 2. The summed E-state index contributed by atoms with van der Waals surface area (Å²) in [6.07, 6.45) is 0. The van der Waals surface area contributed by atoms with Crippen molar-refractivity contribution < 1.29 is 14.3 Å². The highest BCUT2D eigenvalue weighted by Crippen LogP contribution is 2.50. The molecule has 2 rings (SSSR count). The van der Waals surface area contributed by atoms with E-state index in [2.05, 4.69) is 0 Å². The summed E-state index contributed by atoms with van der Waals surface area (Å²) in [5.41, 5.74) is 0.964. The molecule has 2 aromatic carbocycles. The van der Waals surface area contributed by atoms with E-state index < -0.39 is 7.94 Å². The molecular formula is C15H18O3P+. The maximum absolute atomic E-state index is 10.2. The van der Waals surface area contributed by atoms with Crippen LogP contribution in [0.25, 0.3) is 0 Å². The van der Waals surface area contributed by atoms with Crippen molar-refractivity contribution in [1.82, 2.24) is 0 Å². The maximum atomic E-state index is 10.2. The van der Waals surface area contributed by atoms with Gasteiger partial charge in [-0.1, -0.05) is 50.2 Å². The van der Waals surface area contributed by atoms with Crippen LogP contribution in [0, 0.1) is 0 Å². The number of rotatable bonds is 4. The van der Waals surface area contributed by atoms with Gasteiger partial charge in [-0.15, -0.1) is 0 Å². The zero-order chi connectivity index (χ0) is 13.9. The van der Waals surface area contributed by atoms with Gasteiger partial charge < -0.3 is 0 Å². The van der Waals surface area contributed by atoms with Crippen LogP contribution in [-0.2, 0) is 0 Å². The molecule has 0 aliphatic rings. The molecule has 0 amide bonds. The standard InChI is InChI=1S/C15H18O3P/c1-12(2)14-10-6-7-11-15(14)18-19(16,17)13-8-4-3-5-9-13/h3-12,16-17H,1-2H3/q+1. The van der Waals surface area contributed by atoms with E-state index in [9.17, 15) is 9.79 Å². The first-order chi connectivity index (χ1) is 9.00. The van der Waals surface area contributed by atoms with E-state index in [1.807, 2.05) is 38.1 Å². The predicted octanol–water partition coefficient (Wildman–Crippen LogP) is 3.26. The van der Waals surface area contributed by atoms with E-state index >= 15 is 0 Å². The lowest BCUT2D eigenvalue weighted by Gasteiger charge is -2.15. The third-order valence-corrected chi connectivity index (χ3v) is 4.28. The minimum Gasteiger partial charge on any atom is -0.281 e. The Labute approximate surface area is 114 Å². The molecule has 3 nitrogen and oxygen atoms in total. The minimum absolute atomic E-state index is 0.256. The molecule has 0 radical (unpaired) electrons. The number of para-hydroxylation sites is 1. The van der Waals surface area contributed by atoms with Crippen molar-refractivity contribution in [1.29, 1.82) is 0 Å². The van der Waals surface area contributed by atoms with Crippen molar-refractivity contribution in [2.75, 3.05) is 0 Å². The molecule has 100 valence electrons. The second-order valence-corrected chi connectivity index (χ2v) is 6.45. The third kappa shape index (κ3) is 3.32. The quantitative estimate of drug-likeness (QED) is 0.843. The van der Waals surface area contributed by atoms with Crippen LogP contribution < -0.4 is 9.83 Å². The summed E-state index contributed by atoms with van der Waals surface area (Å²) < 4.78 is 5.50. The maximum Gasteiger partial charge on any atom is 0.487 e. The molecule has 19 heavy (non-hydrogen) atoms. The second kappa shape index (κ2) is 5.70. The first kappa shape index (κ1) is 14.0. The molecule has 0 saturated carbocycles. The Hall–Kier alpha value is -1.41. The van der Waals surface area contributed by atoms with E-state index in [-0.39, 0.29) is 5.92 Å². The Morgan fingerprint density at radius 1 is 0.895 bits per heavy atom. The van der Waals surface area contributed by atoms with Crippen LogP contribution in [0.4, 0.5) is 0 Å².